The van der Waals surface area contributed by atoms with Crippen molar-refractivity contribution in [1.29, 1.82) is 0 Å². The predicted octanol–water partition coefficient (Wildman–Crippen LogP) is 3.84. The number of nitrogens with one attached hydrogen (secondary N) is 1. The van der Waals surface area contributed by atoms with Crippen LogP contribution < -0.4 is 5.32 Å². The number of nitrogens with zero attached hydrogens (tertiary/aromatic N) is 1. The van der Waals surface area contributed by atoms with Crippen LogP contribution in [-0.2, 0) is 19.1 Å². The lowest BCUT2D eigenvalue weighted by Crippen LogP contribution is -2.28. The summed E-state index contributed by atoms with van der Waals surface area (Å²) in [6, 6.07) is 6.86. The van der Waals surface area contributed by atoms with Crippen molar-refractivity contribution in [3.63, 3.8) is 0 Å². The molecule has 1 amide bonds. The van der Waals surface area contributed by atoms with Crippen molar-refractivity contribution in [3.8, 4) is 0 Å². The van der Waals surface area contributed by atoms with Crippen molar-refractivity contribution in [2.45, 2.75) is 53.6 Å². The Hall–Kier alpha value is -2.76. The minimum atomic E-state index is -1.04. The first-order valence-electron chi connectivity index (χ1n) is 8.92. The van der Waals surface area contributed by atoms with Crippen LogP contribution >= 0.6 is 0 Å². The third-order valence-corrected chi connectivity index (χ3v) is 4.04. The second-order valence-corrected chi connectivity index (χ2v) is 7.84. The minimum absolute atomic E-state index is 0.149. The number of carbonyl (C=O) groups excluding carboxylic acids is 3. The maximum atomic E-state index is 12.5. The summed E-state index contributed by atoms with van der Waals surface area (Å²) < 4.78 is 5.27. The van der Waals surface area contributed by atoms with Gasteiger partial charge in [0.1, 0.15) is 11.7 Å². The number of amides is 1. The highest BCUT2D eigenvalue weighted by Gasteiger charge is 2.30. The van der Waals surface area contributed by atoms with Crippen LogP contribution in [0.1, 0.15) is 53.0 Å². The number of anilines is 1. The number of pyridine rings is 1. The molecule has 0 radical (unpaired) electrons. The maximum Gasteiger partial charge on any atom is 0.321 e. The molecule has 6 nitrogen and oxygen atoms in total. The van der Waals surface area contributed by atoms with Crippen molar-refractivity contribution in [3.05, 3.63) is 36.0 Å². The number of fused-ring (bicyclic) bond motifs is 1. The van der Waals surface area contributed by atoms with Crippen molar-refractivity contribution >= 4 is 34.3 Å². The summed E-state index contributed by atoms with van der Waals surface area (Å²) in [5.41, 5.74) is 1.01. The van der Waals surface area contributed by atoms with Crippen molar-refractivity contribution in [2.75, 3.05) is 5.32 Å². The molecule has 144 valence electrons. The molecule has 1 N–H and O–H groups in total. The van der Waals surface area contributed by atoms with E-state index >= 15 is 0 Å². The molecule has 0 saturated carbocycles. The summed E-state index contributed by atoms with van der Waals surface area (Å²) in [6.45, 7) is 10.3. The van der Waals surface area contributed by atoms with Gasteiger partial charge in [0.05, 0.1) is 17.3 Å². The molecule has 1 aromatic carbocycles. The molecule has 6 heteroatoms. The Bertz CT molecular complexity index is 881. The van der Waals surface area contributed by atoms with Gasteiger partial charge in [-0.05, 0) is 38.5 Å². The summed E-state index contributed by atoms with van der Waals surface area (Å²) in [4.78, 5) is 41.4. The van der Waals surface area contributed by atoms with E-state index in [1.165, 1.54) is 6.92 Å². The van der Waals surface area contributed by atoms with Gasteiger partial charge in [-0.3, -0.25) is 19.4 Å². The smallest absolute Gasteiger partial charge is 0.321 e. The lowest BCUT2D eigenvalue weighted by molar-refractivity contribution is -0.151. The van der Waals surface area contributed by atoms with Crippen LogP contribution in [0.25, 0.3) is 10.9 Å². The number of ketones is 1. The number of Topliss-reactive ketones (excluding diaryl/α,β-unsaturated/α-hetero) is 1. The van der Waals surface area contributed by atoms with E-state index < -0.39 is 17.3 Å². The fraction of sp³-hybridized carbons (Fsp3) is 0.429. The van der Waals surface area contributed by atoms with E-state index in [9.17, 15) is 14.4 Å². The van der Waals surface area contributed by atoms with Crippen LogP contribution in [0.2, 0.25) is 0 Å². The molecule has 0 aliphatic heterocycles. The number of carbonyl (C=O) groups is 3. The van der Waals surface area contributed by atoms with Gasteiger partial charge >= 0.3 is 5.97 Å². The molecule has 27 heavy (non-hydrogen) atoms. The van der Waals surface area contributed by atoms with E-state index in [-0.39, 0.29) is 17.8 Å². The van der Waals surface area contributed by atoms with Gasteiger partial charge in [0, 0.05) is 17.0 Å². The van der Waals surface area contributed by atoms with Crippen molar-refractivity contribution in [2.24, 2.45) is 5.41 Å². The van der Waals surface area contributed by atoms with Gasteiger partial charge in [0.2, 0.25) is 5.91 Å². The van der Waals surface area contributed by atoms with E-state index in [0.717, 1.165) is 0 Å². The number of esters is 1. The largest absolute Gasteiger partial charge is 0.462 e. The highest BCUT2D eigenvalue weighted by atomic mass is 16.5. The van der Waals surface area contributed by atoms with Gasteiger partial charge in [-0.1, -0.05) is 32.9 Å². The first-order valence-corrected chi connectivity index (χ1v) is 8.92. The zero-order chi connectivity index (χ0) is 20.4. The summed E-state index contributed by atoms with van der Waals surface area (Å²) in [6.07, 6.45) is 1.28. The quantitative estimate of drug-likeness (QED) is 0.638. The predicted molar refractivity (Wildman–Crippen MR) is 104 cm³/mol. The zero-order valence-corrected chi connectivity index (χ0v) is 16.6. The third kappa shape index (κ3) is 4.70. The lowest BCUT2D eigenvalue weighted by atomic mass is 9.91. The fourth-order valence-electron chi connectivity index (χ4n) is 2.67. The van der Waals surface area contributed by atoms with Crippen LogP contribution in [0.15, 0.2) is 30.5 Å². The average Bonchev–Trinajstić information content (AvgIpc) is 2.55. The average molecular weight is 370 g/mol. The molecular formula is C21H26N2O4. The van der Waals surface area contributed by atoms with Crippen molar-refractivity contribution < 1.29 is 19.1 Å². The second-order valence-electron chi connectivity index (χ2n) is 7.84. The Balaban J connectivity index is 2.56. The van der Waals surface area contributed by atoms with Crippen LogP contribution in [0.3, 0.4) is 0 Å². The monoisotopic (exact) mass is 370 g/mol. The van der Waals surface area contributed by atoms with Gasteiger partial charge in [-0.15, -0.1) is 0 Å². The van der Waals surface area contributed by atoms with Gasteiger partial charge in [-0.2, -0.15) is 0 Å². The van der Waals surface area contributed by atoms with E-state index in [0.29, 0.717) is 22.2 Å². The molecule has 1 unspecified atom stereocenters. The number of rotatable bonds is 5. The number of hydrogen-bond donors (Lipinski definition) is 1. The van der Waals surface area contributed by atoms with E-state index in [4.69, 9.17) is 4.74 Å². The van der Waals surface area contributed by atoms with Crippen LogP contribution in [-0.4, -0.2) is 28.7 Å². The number of aromatic nitrogens is 1. The Morgan fingerprint density at radius 1 is 1.11 bits per heavy atom. The zero-order valence-electron chi connectivity index (χ0n) is 16.6. The van der Waals surface area contributed by atoms with Gasteiger partial charge in [-0.25, -0.2) is 0 Å². The maximum absolute atomic E-state index is 12.5. The molecule has 2 rings (SSSR count). The second kappa shape index (κ2) is 7.86. The van der Waals surface area contributed by atoms with E-state index in [2.05, 4.69) is 10.3 Å². The van der Waals surface area contributed by atoms with Gasteiger partial charge in [0.15, 0.2) is 0 Å². The molecule has 2 aromatic rings. The van der Waals surface area contributed by atoms with Crippen LogP contribution in [0.4, 0.5) is 5.69 Å². The molecule has 1 aromatic heterocycles. The molecule has 0 aliphatic carbocycles. The minimum Gasteiger partial charge on any atom is -0.462 e. The Morgan fingerprint density at radius 3 is 2.33 bits per heavy atom. The normalized spacial score (nSPS) is 12.7. The summed E-state index contributed by atoms with van der Waals surface area (Å²) in [7, 11) is 0. The highest BCUT2D eigenvalue weighted by Crippen LogP contribution is 2.32. The summed E-state index contributed by atoms with van der Waals surface area (Å²) >= 11 is 0. The first kappa shape index (κ1) is 20.6. The fourth-order valence-corrected chi connectivity index (χ4v) is 2.67. The lowest BCUT2D eigenvalue weighted by Gasteiger charge is -2.21. The highest BCUT2D eigenvalue weighted by molar-refractivity contribution is 6.09. The van der Waals surface area contributed by atoms with Gasteiger partial charge < -0.3 is 10.1 Å². The SMILES string of the molecule is CC(=O)C(C(=O)OC(C)C)c1ccc(NC(=O)C(C)(C)C)c2ncccc12. The molecule has 1 heterocycles. The molecule has 0 spiro atoms. The third-order valence-electron chi connectivity index (χ3n) is 4.04. The molecule has 0 bridgehead atoms. The standard InChI is InChI=1S/C21H26N2O4/c1-12(2)27-19(25)17(13(3)24)14-9-10-16(23-20(26)21(4,5)6)18-15(14)8-7-11-22-18/h7-12,17H,1-6H3,(H,23,26). The number of benzene rings is 1. The summed E-state index contributed by atoms with van der Waals surface area (Å²) in [5, 5.41) is 3.51. The Kier molecular flexibility index (Phi) is 5.98. The Morgan fingerprint density at radius 2 is 1.78 bits per heavy atom. The molecule has 0 saturated heterocycles. The van der Waals surface area contributed by atoms with Crippen molar-refractivity contribution in [1.82, 2.24) is 4.98 Å². The van der Waals surface area contributed by atoms with E-state index in [1.54, 1.807) is 44.3 Å². The Labute approximate surface area is 159 Å². The molecule has 0 aliphatic rings. The molecule has 0 fully saturated rings. The number of ether oxygens (including phenoxy) is 1. The molecule has 1 atom stereocenters. The molecular weight excluding hydrogens is 344 g/mol. The summed E-state index contributed by atoms with van der Waals surface area (Å²) in [5.74, 6) is -2.08. The topological polar surface area (TPSA) is 85.4 Å². The van der Waals surface area contributed by atoms with Crippen LogP contribution in [0, 0.1) is 5.41 Å². The first-order chi connectivity index (χ1) is 12.5. The van der Waals surface area contributed by atoms with Crippen LogP contribution in [0.5, 0.6) is 0 Å². The van der Waals surface area contributed by atoms with E-state index in [1.807, 2.05) is 20.8 Å². The number of hydrogen-bond acceptors (Lipinski definition) is 5. The van der Waals surface area contributed by atoms with Gasteiger partial charge in [0.25, 0.3) is 0 Å².